The van der Waals surface area contributed by atoms with Crippen LogP contribution in [0.2, 0.25) is 0 Å². The van der Waals surface area contributed by atoms with Crippen LogP contribution in [-0.2, 0) is 0 Å². The molecule has 0 bridgehead atoms. The first-order chi connectivity index (χ1) is 10.1. The second-order valence-electron chi connectivity index (χ2n) is 7.32. The summed E-state index contributed by atoms with van der Waals surface area (Å²) >= 11 is 0. The van der Waals surface area contributed by atoms with E-state index in [0.29, 0.717) is 11.3 Å². The molecule has 2 heterocycles. The van der Waals surface area contributed by atoms with Crippen LogP contribution in [0.25, 0.3) is 0 Å². The zero-order chi connectivity index (χ0) is 14.9. The van der Waals surface area contributed by atoms with Crippen molar-refractivity contribution in [2.75, 3.05) is 29.9 Å². The van der Waals surface area contributed by atoms with E-state index in [0.717, 1.165) is 43.5 Å². The summed E-state index contributed by atoms with van der Waals surface area (Å²) in [5.41, 5.74) is 0.478. The van der Waals surface area contributed by atoms with Gasteiger partial charge in [-0.2, -0.15) is 0 Å². The first-order valence-electron chi connectivity index (χ1n) is 8.45. The van der Waals surface area contributed by atoms with Crippen molar-refractivity contribution in [2.45, 2.75) is 58.8 Å². The lowest BCUT2D eigenvalue weighted by Crippen LogP contribution is -2.38. The lowest BCUT2D eigenvalue weighted by Gasteiger charge is -2.37. The molecule has 1 saturated heterocycles. The van der Waals surface area contributed by atoms with E-state index in [4.69, 9.17) is 9.97 Å². The van der Waals surface area contributed by atoms with Gasteiger partial charge in [0.1, 0.15) is 17.5 Å². The van der Waals surface area contributed by atoms with Gasteiger partial charge >= 0.3 is 0 Å². The third-order valence-corrected chi connectivity index (χ3v) is 4.67. The Morgan fingerprint density at radius 3 is 2.57 bits per heavy atom. The largest absolute Gasteiger partial charge is 0.370 e. The molecule has 4 heteroatoms. The average Bonchev–Trinajstić information content (AvgIpc) is 3.29. The van der Waals surface area contributed by atoms with Gasteiger partial charge < -0.3 is 10.2 Å². The highest BCUT2D eigenvalue weighted by atomic mass is 15.2. The molecular formula is C17H28N4. The van der Waals surface area contributed by atoms with Crippen LogP contribution in [0, 0.1) is 5.41 Å². The zero-order valence-corrected chi connectivity index (χ0v) is 13.7. The van der Waals surface area contributed by atoms with Crippen molar-refractivity contribution in [3.8, 4) is 0 Å². The Hall–Kier alpha value is -1.32. The van der Waals surface area contributed by atoms with Gasteiger partial charge in [0, 0.05) is 31.6 Å². The summed E-state index contributed by atoms with van der Waals surface area (Å²) in [6.45, 7) is 10.1. The van der Waals surface area contributed by atoms with Crippen LogP contribution in [0.5, 0.6) is 0 Å². The maximum absolute atomic E-state index is 4.85. The van der Waals surface area contributed by atoms with Gasteiger partial charge in [0.15, 0.2) is 0 Å². The van der Waals surface area contributed by atoms with Gasteiger partial charge in [-0.05, 0) is 37.5 Å². The average molecular weight is 288 g/mol. The highest BCUT2D eigenvalue weighted by Gasteiger charge is 2.30. The number of nitrogens with one attached hydrogen (secondary N) is 1. The Kier molecular flexibility index (Phi) is 4.05. The molecule has 1 aromatic heterocycles. The molecule has 0 unspecified atom stereocenters. The lowest BCUT2D eigenvalue weighted by atomic mass is 9.83. The molecule has 0 aromatic carbocycles. The monoisotopic (exact) mass is 288 g/mol. The van der Waals surface area contributed by atoms with Crippen molar-refractivity contribution in [3.05, 3.63) is 11.9 Å². The highest BCUT2D eigenvalue weighted by Crippen LogP contribution is 2.39. The Bertz CT molecular complexity index is 484. The van der Waals surface area contributed by atoms with Crippen LogP contribution in [0.3, 0.4) is 0 Å². The number of hydrogen-bond donors (Lipinski definition) is 1. The van der Waals surface area contributed by atoms with Crippen LogP contribution in [0.4, 0.5) is 11.6 Å². The van der Waals surface area contributed by atoms with Gasteiger partial charge in [-0.15, -0.1) is 0 Å². The van der Waals surface area contributed by atoms with Crippen molar-refractivity contribution in [1.29, 1.82) is 0 Å². The molecule has 116 valence electrons. The number of nitrogens with zero attached hydrogens (tertiary/aromatic N) is 3. The molecular weight excluding hydrogens is 260 g/mol. The second-order valence-corrected chi connectivity index (χ2v) is 7.32. The van der Waals surface area contributed by atoms with Gasteiger partial charge in [-0.25, -0.2) is 9.97 Å². The van der Waals surface area contributed by atoms with Crippen molar-refractivity contribution in [1.82, 2.24) is 9.97 Å². The lowest BCUT2D eigenvalue weighted by molar-refractivity contribution is 0.279. The molecule has 2 fully saturated rings. The van der Waals surface area contributed by atoms with Gasteiger partial charge in [0.05, 0.1) is 0 Å². The van der Waals surface area contributed by atoms with Crippen LogP contribution in [-0.4, -0.2) is 29.6 Å². The first kappa shape index (κ1) is 14.6. The van der Waals surface area contributed by atoms with Crippen molar-refractivity contribution >= 4 is 11.6 Å². The summed E-state index contributed by atoms with van der Waals surface area (Å²) in [5, 5.41) is 3.44. The van der Waals surface area contributed by atoms with Crippen LogP contribution >= 0.6 is 0 Å². The predicted octanol–water partition coefficient (Wildman–Crippen LogP) is 3.80. The molecule has 1 N–H and O–H groups in total. The molecule has 0 radical (unpaired) electrons. The smallest absolute Gasteiger partial charge is 0.136 e. The minimum Gasteiger partial charge on any atom is -0.370 e. The third kappa shape index (κ3) is 3.66. The first-order valence-corrected chi connectivity index (χ1v) is 8.45. The summed E-state index contributed by atoms with van der Waals surface area (Å²) in [5.74, 6) is 3.79. The predicted molar refractivity (Wildman–Crippen MR) is 88.0 cm³/mol. The fourth-order valence-electron chi connectivity index (χ4n) is 2.82. The maximum Gasteiger partial charge on any atom is 0.136 e. The topological polar surface area (TPSA) is 41.0 Å². The van der Waals surface area contributed by atoms with E-state index in [1.54, 1.807) is 0 Å². The van der Waals surface area contributed by atoms with Gasteiger partial charge in [0.25, 0.3) is 0 Å². The third-order valence-electron chi connectivity index (χ3n) is 4.67. The number of aromatic nitrogens is 2. The minimum atomic E-state index is 0.478. The molecule has 3 rings (SSSR count). The van der Waals surface area contributed by atoms with E-state index in [1.165, 1.54) is 25.7 Å². The summed E-state index contributed by atoms with van der Waals surface area (Å²) < 4.78 is 0. The fraction of sp³-hybridized carbons (Fsp3) is 0.765. The molecule has 0 amide bonds. The van der Waals surface area contributed by atoms with Crippen molar-refractivity contribution in [3.63, 3.8) is 0 Å². The Labute approximate surface area is 128 Å². The van der Waals surface area contributed by atoms with E-state index in [-0.39, 0.29) is 0 Å². The summed E-state index contributed by atoms with van der Waals surface area (Å²) in [7, 11) is 0. The normalized spacial score (nSPS) is 21.4. The fourth-order valence-corrected chi connectivity index (χ4v) is 2.82. The minimum absolute atomic E-state index is 0.478. The standard InChI is InChI=1S/C17H28N4/c1-4-9-18-14-12-15(20-16(19-14)13-5-6-13)21-10-7-17(2,3)8-11-21/h12-13H,4-11H2,1-3H3,(H,18,19,20). The van der Waals surface area contributed by atoms with Crippen LogP contribution in [0.15, 0.2) is 6.07 Å². The number of rotatable bonds is 5. The zero-order valence-electron chi connectivity index (χ0n) is 13.7. The number of hydrogen-bond acceptors (Lipinski definition) is 4. The summed E-state index contributed by atoms with van der Waals surface area (Å²) in [6, 6.07) is 2.14. The Balaban J connectivity index is 1.78. The van der Waals surface area contributed by atoms with E-state index in [2.05, 4.69) is 37.1 Å². The Morgan fingerprint density at radius 1 is 1.24 bits per heavy atom. The number of piperidine rings is 1. The summed E-state index contributed by atoms with van der Waals surface area (Å²) in [4.78, 5) is 12.0. The molecule has 1 saturated carbocycles. The molecule has 4 nitrogen and oxygen atoms in total. The van der Waals surface area contributed by atoms with Crippen LogP contribution in [0.1, 0.15) is 64.6 Å². The van der Waals surface area contributed by atoms with Gasteiger partial charge in [-0.3, -0.25) is 0 Å². The summed E-state index contributed by atoms with van der Waals surface area (Å²) in [6.07, 6.45) is 6.12. The number of anilines is 2. The molecule has 1 aliphatic heterocycles. The van der Waals surface area contributed by atoms with Crippen molar-refractivity contribution in [2.24, 2.45) is 5.41 Å². The molecule has 0 spiro atoms. The molecule has 0 atom stereocenters. The van der Waals surface area contributed by atoms with E-state index in [1.807, 2.05) is 0 Å². The van der Waals surface area contributed by atoms with Gasteiger partial charge in [0.2, 0.25) is 0 Å². The maximum atomic E-state index is 4.85. The highest BCUT2D eigenvalue weighted by molar-refractivity contribution is 5.50. The van der Waals surface area contributed by atoms with Gasteiger partial charge in [-0.1, -0.05) is 20.8 Å². The molecule has 21 heavy (non-hydrogen) atoms. The van der Waals surface area contributed by atoms with Crippen LogP contribution < -0.4 is 10.2 Å². The molecule has 1 aromatic rings. The Morgan fingerprint density at radius 2 is 1.95 bits per heavy atom. The molecule has 2 aliphatic rings. The second kappa shape index (κ2) is 5.82. The van der Waals surface area contributed by atoms with E-state index in [9.17, 15) is 0 Å². The van der Waals surface area contributed by atoms with Crippen molar-refractivity contribution < 1.29 is 0 Å². The molecule has 1 aliphatic carbocycles. The van der Waals surface area contributed by atoms with E-state index < -0.39 is 0 Å². The SMILES string of the molecule is CCCNc1cc(N2CCC(C)(C)CC2)nc(C2CC2)n1. The quantitative estimate of drug-likeness (QED) is 0.894. The van der Waals surface area contributed by atoms with E-state index >= 15 is 0 Å².